The Morgan fingerprint density at radius 3 is 2.33 bits per heavy atom. The number of halogens is 4. The summed E-state index contributed by atoms with van der Waals surface area (Å²) >= 11 is 5.56. The van der Waals surface area contributed by atoms with Crippen LogP contribution >= 0.6 is 11.6 Å². The zero-order chi connectivity index (χ0) is 22.4. The number of nitrogens with zero attached hydrogens (tertiary/aromatic N) is 2. The monoisotopic (exact) mass is 444 g/mol. The maximum atomic E-state index is 12.9. The van der Waals surface area contributed by atoms with E-state index in [1.54, 1.807) is 0 Å². The number of nitrogens with one attached hydrogen (secondary N) is 2. The molecule has 0 saturated heterocycles. The number of rotatable bonds is 6. The first-order valence-corrected chi connectivity index (χ1v) is 10.00. The van der Waals surface area contributed by atoms with Gasteiger partial charge < -0.3 is 10.6 Å². The predicted molar refractivity (Wildman–Crippen MR) is 107 cm³/mol. The molecule has 2 N–H and O–H groups in total. The first-order valence-electron chi connectivity index (χ1n) is 9.62. The van der Waals surface area contributed by atoms with E-state index in [9.17, 15) is 28.0 Å². The lowest BCUT2D eigenvalue weighted by atomic mass is 9.92. The average molecular weight is 445 g/mol. The summed E-state index contributed by atoms with van der Waals surface area (Å²) < 4.78 is 38.8. The number of anilines is 1. The maximum absolute atomic E-state index is 12.9. The number of likely N-dealkylation sites (N-methyl/N-ethyl adjacent to an activating group) is 1. The van der Waals surface area contributed by atoms with Crippen molar-refractivity contribution in [3.05, 3.63) is 28.8 Å². The van der Waals surface area contributed by atoms with E-state index in [1.165, 1.54) is 18.0 Å². The molecular weight excluding hydrogens is 421 g/mol. The van der Waals surface area contributed by atoms with Gasteiger partial charge in [0.05, 0.1) is 29.7 Å². The first kappa shape index (κ1) is 24.0. The van der Waals surface area contributed by atoms with Crippen LogP contribution in [0.4, 0.5) is 18.9 Å². The van der Waals surface area contributed by atoms with Crippen LogP contribution in [0.5, 0.6) is 0 Å². The minimum absolute atomic E-state index is 0.0449. The van der Waals surface area contributed by atoms with Crippen LogP contribution in [0.2, 0.25) is 5.02 Å². The van der Waals surface area contributed by atoms with E-state index in [0.717, 1.165) is 37.8 Å². The summed E-state index contributed by atoms with van der Waals surface area (Å²) in [5.41, 5.74) is -1.97. The van der Waals surface area contributed by atoms with Crippen LogP contribution < -0.4 is 10.6 Å². The highest BCUT2D eigenvalue weighted by Crippen LogP contribution is 2.36. The first-order chi connectivity index (χ1) is 14.0. The molecule has 2 amide bonds. The van der Waals surface area contributed by atoms with Gasteiger partial charge >= 0.3 is 6.18 Å². The minimum atomic E-state index is -4.64. The van der Waals surface area contributed by atoms with Crippen molar-refractivity contribution in [2.45, 2.75) is 50.2 Å². The van der Waals surface area contributed by atoms with E-state index >= 15 is 0 Å². The van der Waals surface area contributed by atoms with Crippen molar-refractivity contribution >= 4 is 29.1 Å². The lowest BCUT2D eigenvalue weighted by Crippen LogP contribution is -2.50. The molecule has 0 aliphatic heterocycles. The summed E-state index contributed by atoms with van der Waals surface area (Å²) in [6.45, 7) is -0.331. The molecule has 0 unspecified atom stereocenters. The van der Waals surface area contributed by atoms with Gasteiger partial charge in [0.2, 0.25) is 11.8 Å². The molecule has 0 heterocycles. The fourth-order valence-electron chi connectivity index (χ4n) is 3.47. The number of carbonyl (C=O) groups is 2. The Balaban J connectivity index is 1.90. The molecule has 30 heavy (non-hydrogen) atoms. The summed E-state index contributed by atoms with van der Waals surface area (Å²) in [6, 6.07) is 5.31. The van der Waals surface area contributed by atoms with Gasteiger partial charge in [-0.2, -0.15) is 18.4 Å². The average Bonchev–Trinajstić information content (AvgIpc) is 2.88. The molecule has 0 radical (unpaired) electrons. The van der Waals surface area contributed by atoms with E-state index in [0.29, 0.717) is 12.8 Å². The van der Waals surface area contributed by atoms with E-state index in [4.69, 9.17) is 11.6 Å². The van der Waals surface area contributed by atoms with E-state index in [2.05, 4.69) is 16.7 Å². The Labute approximate surface area is 178 Å². The lowest BCUT2D eigenvalue weighted by Gasteiger charge is -2.27. The summed E-state index contributed by atoms with van der Waals surface area (Å²) in [6.07, 6.45) is 0.344. The molecule has 0 aromatic heterocycles. The number of benzene rings is 1. The van der Waals surface area contributed by atoms with Crippen LogP contribution in [0, 0.1) is 11.3 Å². The van der Waals surface area contributed by atoms with Crippen molar-refractivity contribution in [2.24, 2.45) is 0 Å². The number of hydrogen-bond donors (Lipinski definition) is 2. The van der Waals surface area contributed by atoms with Gasteiger partial charge in [-0.15, -0.1) is 0 Å². The number of carbonyl (C=O) groups excluding carboxylic acids is 2. The van der Waals surface area contributed by atoms with Gasteiger partial charge in [0.25, 0.3) is 0 Å². The summed E-state index contributed by atoms with van der Waals surface area (Å²) in [4.78, 5) is 25.9. The van der Waals surface area contributed by atoms with E-state index in [1.807, 2.05) is 0 Å². The number of amides is 2. The zero-order valence-corrected chi connectivity index (χ0v) is 17.4. The molecule has 10 heteroatoms. The van der Waals surface area contributed by atoms with E-state index in [-0.39, 0.29) is 24.7 Å². The Morgan fingerprint density at radius 2 is 1.77 bits per heavy atom. The normalized spacial score (nSPS) is 16.4. The second kappa shape index (κ2) is 10.1. The number of hydrogen-bond acceptors (Lipinski definition) is 4. The standard InChI is InChI=1S/C20H24ClF3N4O2/c1-28(12-18(30)27-19(13-25)8-4-2-3-5-9-19)11-17(29)26-14-6-7-16(21)15(10-14)20(22,23)24/h6-7,10H,2-5,8-9,11-12H2,1H3,(H,26,29)(H,27,30). The molecule has 0 atom stereocenters. The van der Waals surface area contributed by atoms with Crippen LogP contribution in [0.1, 0.15) is 44.1 Å². The second-order valence-electron chi connectivity index (χ2n) is 7.57. The molecule has 0 bridgehead atoms. The van der Waals surface area contributed by atoms with Crippen LogP contribution in [0.25, 0.3) is 0 Å². The topological polar surface area (TPSA) is 85.2 Å². The highest BCUT2D eigenvalue weighted by atomic mass is 35.5. The lowest BCUT2D eigenvalue weighted by molar-refractivity contribution is -0.137. The van der Waals surface area contributed by atoms with Gasteiger partial charge in [-0.1, -0.05) is 37.3 Å². The van der Waals surface area contributed by atoms with Crippen LogP contribution in [-0.2, 0) is 15.8 Å². The van der Waals surface area contributed by atoms with Crippen molar-refractivity contribution in [2.75, 3.05) is 25.5 Å². The van der Waals surface area contributed by atoms with Gasteiger partial charge in [-0.25, -0.2) is 0 Å². The van der Waals surface area contributed by atoms with Crippen molar-refractivity contribution in [1.29, 1.82) is 5.26 Å². The minimum Gasteiger partial charge on any atom is -0.337 e. The fraction of sp³-hybridized carbons (Fsp3) is 0.550. The molecule has 1 aromatic rings. The van der Waals surface area contributed by atoms with Gasteiger partial charge in [-0.05, 0) is 38.1 Å². The predicted octanol–water partition coefficient (Wildman–Crippen LogP) is 3.96. The smallest absolute Gasteiger partial charge is 0.337 e. The second-order valence-corrected chi connectivity index (χ2v) is 7.98. The molecule has 164 valence electrons. The van der Waals surface area contributed by atoms with Crippen molar-refractivity contribution in [3.8, 4) is 6.07 Å². The van der Waals surface area contributed by atoms with Crippen LogP contribution in [0.3, 0.4) is 0 Å². The molecule has 1 saturated carbocycles. The zero-order valence-electron chi connectivity index (χ0n) is 16.6. The van der Waals surface area contributed by atoms with E-state index < -0.39 is 28.2 Å². The third-order valence-corrected chi connectivity index (χ3v) is 5.26. The van der Waals surface area contributed by atoms with Crippen molar-refractivity contribution in [3.63, 3.8) is 0 Å². The Kier molecular flexibility index (Phi) is 8.10. The van der Waals surface area contributed by atoms with Crippen LogP contribution in [0.15, 0.2) is 18.2 Å². The molecule has 1 aromatic carbocycles. The molecule has 2 rings (SSSR count). The van der Waals surface area contributed by atoms with Crippen molar-refractivity contribution in [1.82, 2.24) is 10.2 Å². The highest BCUT2D eigenvalue weighted by Gasteiger charge is 2.34. The molecule has 1 fully saturated rings. The SMILES string of the molecule is CN(CC(=O)Nc1ccc(Cl)c(C(F)(F)F)c1)CC(=O)NC1(C#N)CCCCCC1. The van der Waals surface area contributed by atoms with Gasteiger partial charge in [0, 0.05) is 5.69 Å². The van der Waals surface area contributed by atoms with Crippen molar-refractivity contribution < 1.29 is 22.8 Å². The van der Waals surface area contributed by atoms with Crippen LogP contribution in [-0.4, -0.2) is 42.4 Å². The Morgan fingerprint density at radius 1 is 1.17 bits per heavy atom. The Bertz CT molecular complexity index is 815. The largest absolute Gasteiger partial charge is 0.417 e. The molecule has 1 aliphatic carbocycles. The summed E-state index contributed by atoms with van der Waals surface area (Å²) in [5, 5.41) is 14.2. The highest BCUT2D eigenvalue weighted by molar-refractivity contribution is 6.31. The summed E-state index contributed by atoms with van der Waals surface area (Å²) in [5.74, 6) is -0.954. The third-order valence-electron chi connectivity index (χ3n) is 4.93. The van der Waals surface area contributed by atoms with Gasteiger partial charge in [-0.3, -0.25) is 14.5 Å². The van der Waals surface area contributed by atoms with Gasteiger partial charge in [0.1, 0.15) is 5.54 Å². The molecule has 0 spiro atoms. The number of nitriles is 1. The maximum Gasteiger partial charge on any atom is 0.417 e. The third kappa shape index (κ3) is 6.89. The summed E-state index contributed by atoms with van der Waals surface area (Å²) in [7, 11) is 1.54. The quantitative estimate of drug-likeness (QED) is 0.650. The fourth-order valence-corrected chi connectivity index (χ4v) is 3.69. The molecular formula is C20H24ClF3N4O2. The van der Waals surface area contributed by atoms with Gasteiger partial charge in [0.15, 0.2) is 0 Å². The Hall–Kier alpha value is -2.31. The molecule has 1 aliphatic rings. The number of alkyl halides is 3. The molecule has 6 nitrogen and oxygen atoms in total.